The molecular formula is C18H20FNO. The summed E-state index contributed by atoms with van der Waals surface area (Å²) in [6.45, 7) is 3.47. The minimum Gasteiger partial charge on any atom is -0.389 e. The van der Waals surface area contributed by atoms with Gasteiger partial charge in [0, 0.05) is 24.3 Å². The Bertz CT molecular complexity index is 612. The summed E-state index contributed by atoms with van der Waals surface area (Å²) in [6.07, 6.45) is 1.29. The first-order valence-corrected chi connectivity index (χ1v) is 7.44. The van der Waals surface area contributed by atoms with Crippen molar-refractivity contribution in [3.63, 3.8) is 0 Å². The number of anilines is 1. The predicted octanol–water partition coefficient (Wildman–Crippen LogP) is 3.48. The fourth-order valence-corrected chi connectivity index (χ4v) is 3.06. The SMILES string of the molecule is CC(O)c1cc(F)ccc1N1CCc2ccccc2CC1. The minimum atomic E-state index is -0.665. The predicted molar refractivity (Wildman–Crippen MR) is 83.1 cm³/mol. The van der Waals surface area contributed by atoms with Crippen LogP contribution in [0, 0.1) is 5.82 Å². The smallest absolute Gasteiger partial charge is 0.123 e. The second kappa shape index (κ2) is 5.86. The Morgan fingerprint density at radius 3 is 2.24 bits per heavy atom. The highest BCUT2D eigenvalue weighted by Crippen LogP contribution is 2.29. The van der Waals surface area contributed by atoms with Gasteiger partial charge in [-0.3, -0.25) is 0 Å². The van der Waals surface area contributed by atoms with Crippen molar-refractivity contribution >= 4 is 5.69 Å². The highest BCUT2D eigenvalue weighted by atomic mass is 19.1. The maximum Gasteiger partial charge on any atom is 0.123 e. The summed E-state index contributed by atoms with van der Waals surface area (Å²) in [6, 6.07) is 13.2. The van der Waals surface area contributed by atoms with Gasteiger partial charge in [-0.2, -0.15) is 0 Å². The second-order valence-corrected chi connectivity index (χ2v) is 5.63. The van der Waals surface area contributed by atoms with E-state index in [4.69, 9.17) is 0 Å². The van der Waals surface area contributed by atoms with E-state index in [1.165, 1.54) is 23.3 Å². The molecule has 1 atom stereocenters. The van der Waals surface area contributed by atoms with Crippen LogP contribution in [0.2, 0.25) is 0 Å². The van der Waals surface area contributed by atoms with Crippen LogP contribution in [-0.2, 0) is 12.8 Å². The van der Waals surface area contributed by atoms with Gasteiger partial charge in [-0.25, -0.2) is 4.39 Å². The number of hydrogen-bond donors (Lipinski definition) is 1. The number of fused-ring (bicyclic) bond motifs is 1. The van der Waals surface area contributed by atoms with E-state index in [1.807, 2.05) is 0 Å². The Morgan fingerprint density at radius 1 is 1.05 bits per heavy atom. The van der Waals surface area contributed by atoms with Gasteiger partial charge >= 0.3 is 0 Å². The van der Waals surface area contributed by atoms with Crippen LogP contribution < -0.4 is 4.90 Å². The van der Waals surface area contributed by atoms with Crippen molar-refractivity contribution in [2.75, 3.05) is 18.0 Å². The number of aliphatic hydroxyl groups excluding tert-OH is 1. The third kappa shape index (κ3) is 2.93. The summed E-state index contributed by atoms with van der Waals surface area (Å²) in [5, 5.41) is 9.91. The van der Waals surface area contributed by atoms with Gasteiger partial charge in [0.1, 0.15) is 5.82 Å². The van der Waals surface area contributed by atoms with E-state index in [0.29, 0.717) is 5.56 Å². The number of rotatable bonds is 2. The normalized spacial score (nSPS) is 16.2. The van der Waals surface area contributed by atoms with Crippen LogP contribution in [0.3, 0.4) is 0 Å². The maximum absolute atomic E-state index is 13.4. The molecule has 110 valence electrons. The Kier molecular flexibility index (Phi) is 3.93. The monoisotopic (exact) mass is 285 g/mol. The van der Waals surface area contributed by atoms with E-state index in [9.17, 15) is 9.50 Å². The lowest BCUT2D eigenvalue weighted by Gasteiger charge is -2.26. The van der Waals surface area contributed by atoms with Crippen molar-refractivity contribution < 1.29 is 9.50 Å². The molecule has 1 N–H and O–H groups in total. The Labute approximate surface area is 124 Å². The molecule has 3 heteroatoms. The van der Waals surface area contributed by atoms with Crippen LogP contribution in [-0.4, -0.2) is 18.2 Å². The summed E-state index contributed by atoms with van der Waals surface area (Å²) in [5.74, 6) is -0.298. The second-order valence-electron chi connectivity index (χ2n) is 5.63. The summed E-state index contributed by atoms with van der Waals surface area (Å²) in [5.41, 5.74) is 4.39. The topological polar surface area (TPSA) is 23.5 Å². The van der Waals surface area contributed by atoms with Gasteiger partial charge in [-0.15, -0.1) is 0 Å². The van der Waals surface area contributed by atoms with Gasteiger partial charge in [-0.05, 0) is 49.1 Å². The number of hydrogen-bond acceptors (Lipinski definition) is 2. The van der Waals surface area contributed by atoms with Crippen molar-refractivity contribution in [3.8, 4) is 0 Å². The van der Waals surface area contributed by atoms with E-state index in [0.717, 1.165) is 31.6 Å². The molecule has 0 saturated carbocycles. The number of nitrogens with zero attached hydrogens (tertiary/aromatic N) is 1. The van der Waals surface area contributed by atoms with Gasteiger partial charge in [0.05, 0.1) is 6.10 Å². The Hall–Kier alpha value is -1.87. The van der Waals surface area contributed by atoms with E-state index < -0.39 is 6.10 Å². The molecule has 3 rings (SSSR count). The molecule has 0 aliphatic carbocycles. The van der Waals surface area contributed by atoms with E-state index in [2.05, 4.69) is 29.2 Å². The molecule has 1 heterocycles. The number of benzene rings is 2. The molecule has 2 aromatic carbocycles. The highest BCUT2D eigenvalue weighted by Gasteiger charge is 2.18. The van der Waals surface area contributed by atoms with E-state index in [-0.39, 0.29) is 5.82 Å². The summed E-state index contributed by atoms with van der Waals surface area (Å²) in [7, 11) is 0. The summed E-state index contributed by atoms with van der Waals surface area (Å²) >= 11 is 0. The van der Waals surface area contributed by atoms with Crippen LogP contribution in [0.1, 0.15) is 29.7 Å². The maximum atomic E-state index is 13.4. The zero-order chi connectivity index (χ0) is 14.8. The molecule has 0 spiro atoms. The molecule has 0 fully saturated rings. The zero-order valence-corrected chi connectivity index (χ0v) is 12.2. The zero-order valence-electron chi connectivity index (χ0n) is 12.2. The Morgan fingerprint density at radius 2 is 1.67 bits per heavy atom. The van der Waals surface area contributed by atoms with Crippen molar-refractivity contribution in [2.24, 2.45) is 0 Å². The first-order valence-electron chi connectivity index (χ1n) is 7.44. The fourth-order valence-electron chi connectivity index (χ4n) is 3.06. The van der Waals surface area contributed by atoms with Gasteiger partial charge in [-0.1, -0.05) is 24.3 Å². The van der Waals surface area contributed by atoms with Crippen LogP contribution in [0.5, 0.6) is 0 Å². The first kappa shape index (κ1) is 14.1. The van der Waals surface area contributed by atoms with Crippen molar-refractivity contribution in [1.29, 1.82) is 0 Å². The van der Waals surface area contributed by atoms with E-state index in [1.54, 1.807) is 13.0 Å². The molecular weight excluding hydrogens is 265 g/mol. The fraction of sp³-hybridized carbons (Fsp3) is 0.333. The van der Waals surface area contributed by atoms with Gasteiger partial charge in [0.25, 0.3) is 0 Å². The quantitative estimate of drug-likeness (QED) is 0.913. The molecule has 0 bridgehead atoms. The lowest BCUT2D eigenvalue weighted by molar-refractivity contribution is 0.199. The molecule has 2 nitrogen and oxygen atoms in total. The van der Waals surface area contributed by atoms with E-state index >= 15 is 0 Å². The Balaban J connectivity index is 1.89. The molecule has 0 aromatic heterocycles. The molecule has 1 aliphatic heterocycles. The van der Waals surface area contributed by atoms with Crippen molar-refractivity contribution in [2.45, 2.75) is 25.9 Å². The van der Waals surface area contributed by atoms with Crippen LogP contribution in [0.25, 0.3) is 0 Å². The number of aliphatic hydroxyl groups is 1. The largest absolute Gasteiger partial charge is 0.389 e. The summed E-state index contributed by atoms with van der Waals surface area (Å²) < 4.78 is 13.4. The first-order chi connectivity index (χ1) is 10.1. The molecule has 21 heavy (non-hydrogen) atoms. The van der Waals surface area contributed by atoms with Gasteiger partial charge in [0.2, 0.25) is 0 Å². The van der Waals surface area contributed by atoms with Crippen molar-refractivity contribution in [3.05, 3.63) is 65.0 Å². The van der Waals surface area contributed by atoms with Gasteiger partial charge < -0.3 is 10.0 Å². The molecule has 0 amide bonds. The molecule has 1 aliphatic rings. The molecule has 1 unspecified atom stereocenters. The van der Waals surface area contributed by atoms with Crippen molar-refractivity contribution in [1.82, 2.24) is 0 Å². The lowest BCUT2D eigenvalue weighted by Crippen LogP contribution is -2.27. The summed E-state index contributed by atoms with van der Waals surface area (Å²) in [4.78, 5) is 2.25. The standard InChI is InChI=1S/C18H20FNO/c1-13(21)17-12-16(19)6-7-18(17)20-10-8-14-4-2-3-5-15(14)9-11-20/h2-7,12-13,21H,8-11H2,1H3. The minimum absolute atomic E-state index is 0.298. The lowest BCUT2D eigenvalue weighted by atomic mass is 10.0. The number of halogens is 1. The van der Waals surface area contributed by atoms with Gasteiger partial charge in [0.15, 0.2) is 0 Å². The molecule has 0 radical (unpaired) electrons. The van der Waals surface area contributed by atoms with Crippen LogP contribution in [0.15, 0.2) is 42.5 Å². The molecule has 2 aromatic rings. The third-order valence-corrected chi connectivity index (χ3v) is 4.20. The molecule has 0 saturated heterocycles. The van der Waals surface area contributed by atoms with Crippen LogP contribution in [0.4, 0.5) is 10.1 Å². The highest BCUT2D eigenvalue weighted by molar-refractivity contribution is 5.55. The average molecular weight is 285 g/mol. The van der Waals surface area contributed by atoms with Crippen LogP contribution >= 0.6 is 0 Å². The average Bonchev–Trinajstić information content (AvgIpc) is 2.70. The third-order valence-electron chi connectivity index (χ3n) is 4.20.